The van der Waals surface area contributed by atoms with Gasteiger partial charge < -0.3 is 4.57 Å². The summed E-state index contributed by atoms with van der Waals surface area (Å²) in [5, 5.41) is 0. The molecule has 88 valence electrons. The van der Waals surface area contributed by atoms with Crippen molar-refractivity contribution in [1.29, 1.82) is 0 Å². The molecule has 0 fully saturated rings. The molecule has 1 aromatic carbocycles. The first-order chi connectivity index (χ1) is 8.06. The predicted molar refractivity (Wildman–Crippen MR) is 64.7 cm³/mol. The van der Waals surface area contributed by atoms with Gasteiger partial charge in [-0.1, -0.05) is 6.07 Å². The lowest BCUT2D eigenvalue weighted by molar-refractivity contribution is 0.101. The molecule has 0 spiro atoms. The molecule has 1 aromatic heterocycles. The molecule has 0 radical (unpaired) electrons. The van der Waals surface area contributed by atoms with Crippen LogP contribution >= 0.6 is 0 Å². The van der Waals surface area contributed by atoms with Gasteiger partial charge in [-0.15, -0.1) is 0 Å². The minimum absolute atomic E-state index is 0.0414. The third-order valence-corrected chi connectivity index (χ3v) is 2.82. The highest BCUT2D eigenvalue weighted by molar-refractivity contribution is 5.93. The lowest BCUT2D eigenvalue weighted by atomic mass is 10.1. The largest absolute Gasteiger partial charge is 0.349 e. The summed E-state index contributed by atoms with van der Waals surface area (Å²) < 4.78 is 15.0. The Morgan fingerprint density at radius 2 is 2.12 bits per heavy atom. The monoisotopic (exact) mass is 231 g/mol. The third-order valence-electron chi connectivity index (χ3n) is 2.82. The lowest BCUT2D eigenvalue weighted by Gasteiger charge is -2.07. The van der Waals surface area contributed by atoms with Crippen molar-refractivity contribution in [3.05, 3.63) is 59.2 Å². The smallest absolute Gasteiger partial charge is 0.161 e. The lowest BCUT2D eigenvalue weighted by Crippen LogP contribution is -2.00. The van der Waals surface area contributed by atoms with Crippen molar-refractivity contribution in [2.75, 3.05) is 0 Å². The zero-order chi connectivity index (χ0) is 12.4. The summed E-state index contributed by atoms with van der Waals surface area (Å²) in [5.41, 5.74) is 2.65. The predicted octanol–water partition coefficient (Wildman–Crippen LogP) is 3.19. The summed E-state index contributed by atoms with van der Waals surface area (Å²) >= 11 is 0. The maximum atomic E-state index is 13.1. The van der Waals surface area contributed by atoms with Gasteiger partial charge in [0.1, 0.15) is 5.82 Å². The molecule has 0 saturated heterocycles. The van der Waals surface area contributed by atoms with Crippen LogP contribution in [0.2, 0.25) is 0 Å². The summed E-state index contributed by atoms with van der Waals surface area (Å²) in [4.78, 5) is 11.2. The zero-order valence-corrected chi connectivity index (χ0v) is 9.90. The number of benzene rings is 1. The Labute approximate surface area is 99.7 Å². The van der Waals surface area contributed by atoms with Gasteiger partial charge >= 0.3 is 0 Å². The molecule has 0 aliphatic heterocycles. The van der Waals surface area contributed by atoms with Crippen molar-refractivity contribution >= 4 is 5.78 Å². The van der Waals surface area contributed by atoms with Crippen molar-refractivity contribution in [1.82, 2.24) is 4.57 Å². The number of carbonyl (C=O) groups is 1. The van der Waals surface area contributed by atoms with Crippen molar-refractivity contribution < 1.29 is 9.18 Å². The van der Waals surface area contributed by atoms with Crippen LogP contribution in [-0.4, -0.2) is 10.4 Å². The Morgan fingerprint density at radius 3 is 2.76 bits per heavy atom. The number of halogens is 1. The van der Waals surface area contributed by atoms with Gasteiger partial charge in [-0.25, -0.2) is 4.39 Å². The summed E-state index contributed by atoms with van der Waals surface area (Å²) in [6.45, 7) is 4.06. The van der Waals surface area contributed by atoms with Crippen LogP contribution in [0.4, 0.5) is 4.39 Å². The second kappa shape index (κ2) is 4.53. The van der Waals surface area contributed by atoms with Crippen LogP contribution in [0.15, 0.2) is 36.7 Å². The number of nitrogens with zero attached hydrogens (tertiary/aromatic N) is 1. The molecule has 17 heavy (non-hydrogen) atoms. The van der Waals surface area contributed by atoms with Gasteiger partial charge in [-0.05, 0) is 43.2 Å². The molecule has 2 rings (SSSR count). The molecule has 0 saturated carbocycles. The first-order valence-electron chi connectivity index (χ1n) is 5.48. The van der Waals surface area contributed by atoms with E-state index >= 15 is 0 Å². The quantitative estimate of drug-likeness (QED) is 0.743. The molecular weight excluding hydrogens is 217 g/mol. The van der Waals surface area contributed by atoms with Crippen LogP contribution in [0.1, 0.15) is 28.4 Å². The van der Waals surface area contributed by atoms with E-state index in [1.54, 1.807) is 18.3 Å². The number of aromatic nitrogens is 1. The second-order valence-electron chi connectivity index (χ2n) is 4.20. The number of carbonyl (C=O) groups excluding carboxylic acids is 1. The van der Waals surface area contributed by atoms with E-state index in [0.717, 1.165) is 11.1 Å². The number of hydrogen-bond donors (Lipinski definition) is 0. The maximum absolute atomic E-state index is 13.1. The van der Waals surface area contributed by atoms with Gasteiger partial charge in [0.2, 0.25) is 0 Å². The fourth-order valence-electron chi connectivity index (χ4n) is 1.75. The Balaban J connectivity index is 2.25. The van der Waals surface area contributed by atoms with Crippen LogP contribution in [0, 0.1) is 12.7 Å². The van der Waals surface area contributed by atoms with Gasteiger partial charge in [0.25, 0.3) is 0 Å². The topological polar surface area (TPSA) is 22.0 Å². The highest BCUT2D eigenvalue weighted by Crippen LogP contribution is 2.13. The highest BCUT2D eigenvalue weighted by Gasteiger charge is 2.04. The third kappa shape index (κ3) is 2.61. The number of aryl methyl sites for hydroxylation is 1. The fourth-order valence-corrected chi connectivity index (χ4v) is 1.75. The number of rotatable bonds is 3. The Hall–Kier alpha value is -1.90. The number of Topliss-reactive ketones (excluding diaryl/α,β-unsaturated/α-hetero) is 1. The van der Waals surface area contributed by atoms with Gasteiger partial charge in [-0.2, -0.15) is 0 Å². The maximum Gasteiger partial charge on any atom is 0.161 e. The number of ketones is 1. The normalized spacial score (nSPS) is 10.5. The van der Waals surface area contributed by atoms with E-state index in [1.807, 2.05) is 17.7 Å². The van der Waals surface area contributed by atoms with Gasteiger partial charge in [0.15, 0.2) is 5.78 Å². The summed E-state index contributed by atoms with van der Waals surface area (Å²) in [6, 6.07) is 6.52. The Kier molecular flexibility index (Phi) is 3.09. The van der Waals surface area contributed by atoms with Crippen molar-refractivity contribution in [2.45, 2.75) is 20.4 Å². The molecule has 2 aromatic rings. The van der Waals surface area contributed by atoms with Crippen LogP contribution in [0.5, 0.6) is 0 Å². The molecule has 0 amide bonds. The van der Waals surface area contributed by atoms with Crippen molar-refractivity contribution in [3.63, 3.8) is 0 Å². The van der Waals surface area contributed by atoms with Crippen LogP contribution in [0.3, 0.4) is 0 Å². The Bertz CT molecular complexity index is 557. The first-order valence-corrected chi connectivity index (χ1v) is 5.48. The van der Waals surface area contributed by atoms with E-state index in [0.29, 0.717) is 12.1 Å². The molecule has 0 aliphatic rings. The fraction of sp³-hybridized carbons (Fsp3) is 0.214. The standard InChI is InChI=1S/C14H14FNO/c1-10-3-4-14(15)7-13(10)9-16-6-5-12(8-16)11(2)17/h3-8H,9H2,1-2H3. The van der Waals surface area contributed by atoms with Crippen LogP contribution in [0.25, 0.3) is 0 Å². The SMILES string of the molecule is CC(=O)c1ccn(Cc2cc(F)ccc2C)c1. The van der Waals surface area contributed by atoms with Crippen molar-refractivity contribution in [3.8, 4) is 0 Å². The van der Waals surface area contributed by atoms with Crippen LogP contribution < -0.4 is 0 Å². The molecule has 0 N–H and O–H groups in total. The zero-order valence-electron chi connectivity index (χ0n) is 9.90. The highest BCUT2D eigenvalue weighted by atomic mass is 19.1. The van der Waals surface area contributed by atoms with E-state index in [4.69, 9.17) is 0 Å². The minimum atomic E-state index is -0.232. The summed E-state index contributed by atoms with van der Waals surface area (Å²) in [7, 11) is 0. The van der Waals surface area contributed by atoms with Gasteiger partial charge in [0.05, 0.1) is 0 Å². The molecule has 0 atom stereocenters. The second-order valence-corrected chi connectivity index (χ2v) is 4.20. The molecule has 0 aliphatic carbocycles. The van der Waals surface area contributed by atoms with E-state index in [-0.39, 0.29) is 11.6 Å². The molecule has 0 unspecified atom stereocenters. The molecule has 3 heteroatoms. The minimum Gasteiger partial charge on any atom is -0.349 e. The average Bonchev–Trinajstić information content (AvgIpc) is 2.72. The Morgan fingerprint density at radius 1 is 1.35 bits per heavy atom. The van der Waals surface area contributed by atoms with E-state index < -0.39 is 0 Å². The average molecular weight is 231 g/mol. The molecule has 2 nitrogen and oxygen atoms in total. The van der Waals surface area contributed by atoms with Crippen molar-refractivity contribution in [2.24, 2.45) is 0 Å². The van der Waals surface area contributed by atoms with Gasteiger partial charge in [0, 0.05) is 24.5 Å². The van der Waals surface area contributed by atoms with E-state index in [1.165, 1.54) is 19.1 Å². The van der Waals surface area contributed by atoms with Gasteiger partial charge in [-0.3, -0.25) is 4.79 Å². The summed E-state index contributed by atoms with van der Waals surface area (Å²) in [6.07, 6.45) is 3.62. The molecular formula is C14H14FNO. The molecule has 1 heterocycles. The molecule has 0 bridgehead atoms. The van der Waals surface area contributed by atoms with Crippen LogP contribution in [-0.2, 0) is 6.54 Å². The van der Waals surface area contributed by atoms with E-state index in [2.05, 4.69) is 0 Å². The number of hydrogen-bond acceptors (Lipinski definition) is 1. The summed E-state index contributed by atoms with van der Waals surface area (Å²) in [5.74, 6) is -0.190. The van der Waals surface area contributed by atoms with E-state index in [9.17, 15) is 9.18 Å². The first kappa shape index (κ1) is 11.6.